The van der Waals surface area contributed by atoms with Crippen molar-refractivity contribution >= 4 is 23.9 Å². The van der Waals surface area contributed by atoms with Crippen LogP contribution < -0.4 is 10.6 Å². The van der Waals surface area contributed by atoms with Gasteiger partial charge in [0, 0.05) is 12.0 Å². The van der Waals surface area contributed by atoms with E-state index in [0.29, 0.717) is 5.56 Å². The second kappa shape index (κ2) is 14.5. The molecule has 10 heteroatoms. The van der Waals surface area contributed by atoms with Crippen molar-refractivity contribution in [2.45, 2.75) is 104 Å². The van der Waals surface area contributed by atoms with E-state index in [1.807, 2.05) is 30.3 Å². The van der Waals surface area contributed by atoms with Crippen LogP contribution >= 0.6 is 0 Å². The van der Waals surface area contributed by atoms with Gasteiger partial charge < -0.3 is 30.1 Å². The van der Waals surface area contributed by atoms with Gasteiger partial charge in [0.25, 0.3) is 0 Å². The van der Waals surface area contributed by atoms with E-state index in [1.165, 1.54) is 4.90 Å². The number of nitrogens with one attached hydrogen (secondary N) is 2. The van der Waals surface area contributed by atoms with Crippen molar-refractivity contribution in [1.82, 2.24) is 15.5 Å². The Labute approximate surface area is 255 Å². The molecule has 3 unspecified atom stereocenters. The lowest BCUT2D eigenvalue weighted by atomic mass is 9.95. The minimum Gasteiger partial charge on any atom is -0.458 e. The van der Waals surface area contributed by atoms with Gasteiger partial charge >= 0.3 is 12.1 Å². The van der Waals surface area contributed by atoms with E-state index >= 15 is 0 Å². The molecule has 0 aliphatic heterocycles. The quantitative estimate of drug-likeness (QED) is 0.348. The normalized spacial score (nSPS) is 14.1. The highest BCUT2D eigenvalue weighted by Crippen LogP contribution is 2.30. The highest BCUT2D eigenvalue weighted by molar-refractivity contribution is 5.94. The van der Waals surface area contributed by atoms with Gasteiger partial charge in [0.15, 0.2) is 0 Å². The van der Waals surface area contributed by atoms with Crippen LogP contribution in [0.5, 0.6) is 0 Å². The average Bonchev–Trinajstić information content (AvgIpc) is 2.87. The summed E-state index contributed by atoms with van der Waals surface area (Å²) in [6, 6.07) is 14.2. The molecule has 0 aliphatic rings. The third-order valence-corrected chi connectivity index (χ3v) is 6.04. The molecule has 236 valence electrons. The lowest BCUT2D eigenvalue weighted by molar-refractivity contribution is -0.159. The SMILES string of the molecule is CC(C)(C)OC(=O)NC(CO)C(=O)N(C(C(=O)NC(Cc1ccccc1)C(=O)OC(C)(C)C)c1ccccc1)C(C)(C)C. The number of hydrogen-bond acceptors (Lipinski definition) is 7. The first-order chi connectivity index (χ1) is 19.8. The Hall–Kier alpha value is -3.92. The summed E-state index contributed by atoms with van der Waals surface area (Å²) in [7, 11) is 0. The number of carbonyl (C=O) groups excluding carboxylic acids is 4. The number of carbonyl (C=O) groups is 4. The number of amides is 3. The summed E-state index contributed by atoms with van der Waals surface area (Å²) in [5.74, 6) is -1.96. The smallest absolute Gasteiger partial charge is 0.408 e. The monoisotopic (exact) mass is 597 g/mol. The third kappa shape index (κ3) is 11.4. The van der Waals surface area contributed by atoms with Crippen LogP contribution in [-0.4, -0.2) is 69.3 Å². The van der Waals surface area contributed by atoms with Gasteiger partial charge in [0.1, 0.15) is 29.3 Å². The van der Waals surface area contributed by atoms with E-state index in [-0.39, 0.29) is 6.42 Å². The first-order valence-electron chi connectivity index (χ1n) is 14.4. The first kappa shape index (κ1) is 35.3. The maximum absolute atomic E-state index is 14.2. The van der Waals surface area contributed by atoms with E-state index in [2.05, 4.69) is 10.6 Å². The summed E-state index contributed by atoms with van der Waals surface area (Å²) in [5.41, 5.74) is -1.33. The molecule has 0 bridgehead atoms. The number of nitrogens with zero attached hydrogens (tertiary/aromatic N) is 1. The molecular formula is C33H47N3O7. The van der Waals surface area contributed by atoms with Crippen LogP contribution in [0, 0.1) is 0 Å². The molecule has 0 spiro atoms. The molecule has 3 amide bonds. The molecule has 0 saturated carbocycles. The molecule has 2 aromatic rings. The number of aliphatic hydroxyl groups excluding tert-OH is 1. The predicted octanol–water partition coefficient (Wildman–Crippen LogP) is 4.31. The maximum atomic E-state index is 14.2. The van der Waals surface area contributed by atoms with Crippen LogP contribution in [0.1, 0.15) is 79.5 Å². The summed E-state index contributed by atoms with van der Waals surface area (Å²) >= 11 is 0. The molecule has 0 saturated heterocycles. The number of benzene rings is 2. The van der Waals surface area contributed by atoms with Crippen LogP contribution in [0.2, 0.25) is 0 Å². The molecule has 0 heterocycles. The molecule has 2 aromatic carbocycles. The molecule has 0 aromatic heterocycles. The van der Waals surface area contributed by atoms with Gasteiger partial charge in [-0.15, -0.1) is 0 Å². The maximum Gasteiger partial charge on any atom is 0.408 e. The van der Waals surface area contributed by atoms with Crippen LogP contribution in [0.25, 0.3) is 0 Å². The van der Waals surface area contributed by atoms with Crippen molar-refractivity contribution in [3.8, 4) is 0 Å². The summed E-state index contributed by atoms with van der Waals surface area (Å²) in [4.78, 5) is 55.5. The van der Waals surface area contributed by atoms with Gasteiger partial charge in [0.2, 0.25) is 11.8 Å². The van der Waals surface area contributed by atoms with Gasteiger partial charge in [-0.25, -0.2) is 9.59 Å². The Kier molecular flexibility index (Phi) is 11.9. The zero-order chi connectivity index (χ0) is 32.6. The average molecular weight is 598 g/mol. The van der Waals surface area contributed by atoms with Gasteiger partial charge in [-0.1, -0.05) is 60.7 Å². The van der Waals surface area contributed by atoms with E-state index in [1.54, 1.807) is 92.6 Å². The fourth-order valence-corrected chi connectivity index (χ4v) is 4.37. The van der Waals surface area contributed by atoms with Crippen molar-refractivity contribution < 1.29 is 33.8 Å². The van der Waals surface area contributed by atoms with Crippen molar-refractivity contribution in [3.05, 3.63) is 71.8 Å². The molecule has 0 fully saturated rings. The number of alkyl carbamates (subject to hydrolysis) is 1. The van der Waals surface area contributed by atoms with Gasteiger partial charge in [-0.3, -0.25) is 9.59 Å². The Morgan fingerprint density at radius 1 is 0.744 bits per heavy atom. The second-order valence-corrected chi connectivity index (χ2v) is 13.4. The van der Waals surface area contributed by atoms with Crippen molar-refractivity contribution in [3.63, 3.8) is 0 Å². The Balaban J connectivity index is 2.55. The zero-order valence-electron chi connectivity index (χ0n) is 26.8. The van der Waals surface area contributed by atoms with Crippen molar-refractivity contribution in [1.29, 1.82) is 0 Å². The number of esters is 1. The van der Waals surface area contributed by atoms with Gasteiger partial charge in [0.05, 0.1) is 6.61 Å². The minimum atomic E-state index is -1.40. The fraction of sp³-hybridized carbons (Fsp3) is 0.515. The van der Waals surface area contributed by atoms with Gasteiger partial charge in [-0.05, 0) is 73.4 Å². The highest BCUT2D eigenvalue weighted by atomic mass is 16.6. The highest BCUT2D eigenvalue weighted by Gasteiger charge is 2.43. The number of ether oxygens (including phenoxy) is 2. The second-order valence-electron chi connectivity index (χ2n) is 13.4. The van der Waals surface area contributed by atoms with Crippen molar-refractivity contribution in [2.24, 2.45) is 0 Å². The lowest BCUT2D eigenvalue weighted by Crippen LogP contribution is -2.60. The molecule has 43 heavy (non-hydrogen) atoms. The molecule has 0 aliphatic carbocycles. The first-order valence-corrected chi connectivity index (χ1v) is 14.4. The summed E-state index contributed by atoms with van der Waals surface area (Å²) in [6.07, 6.45) is -0.728. The predicted molar refractivity (Wildman–Crippen MR) is 164 cm³/mol. The van der Waals surface area contributed by atoms with E-state index in [0.717, 1.165) is 5.56 Å². The molecule has 0 radical (unpaired) electrons. The van der Waals surface area contributed by atoms with Crippen LogP contribution in [0.15, 0.2) is 60.7 Å². The van der Waals surface area contributed by atoms with Crippen molar-refractivity contribution in [2.75, 3.05) is 6.61 Å². The summed E-state index contributed by atoms with van der Waals surface area (Å²) < 4.78 is 10.9. The largest absolute Gasteiger partial charge is 0.458 e. The van der Waals surface area contributed by atoms with Crippen LogP contribution in [0.3, 0.4) is 0 Å². The summed E-state index contributed by atoms with van der Waals surface area (Å²) in [6.45, 7) is 14.7. The minimum absolute atomic E-state index is 0.159. The van der Waals surface area contributed by atoms with E-state index in [9.17, 15) is 24.3 Å². The molecule has 3 atom stereocenters. The molecule has 10 nitrogen and oxygen atoms in total. The zero-order valence-corrected chi connectivity index (χ0v) is 26.8. The summed E-state index contributed by atoms with van der Waals surface area (Å²) in [5, 5.41) is 15.4. The molecular weight excluding hydrogens is 550 g/mol. The Morgan fingerprint density at radius 2 is 1.26 bits per heavy atom. The fourth-order valence-electron chi connectivity index (χ4n) is 4.37. The van der Waals surface area contributed by atoms with Crippen LogP contribution in [0.4, 0.5) is 4.79 Å². The number of aliphatic hydroxyl groups is 1. The Morgan fingerprint density at radius 3 is 1.72 bits per heavy atom. The Bertz CT molecular complexity index is 1230. The molecule has 2 rings (SSSR count). The van der Waals surface area contributed by atoms with E-state index in [4.69, 9.17) is 9.47 Å². The topological polar surface area (TPSA) is 134 Å². The van der Waals surface area contributed by atoms with E-state index < -0.39 is 65.4 Å². The third-order valence-electron chi connectivity index (χ3n) is 6.04. The standard InChI is InChI=1S/C33H47N3O7/c1-31(2,3)36(28(39)25(21-37)35-30(41)43-33(7,8)9)26(23-18-14-11-15-19-23)27(38)34-24(29(40)42-32(4,5)6)20-22-16-12-10-13-17-22/h10-19,24-26,37H,20-21H2,1-9H3,(H,34,38)(H,35,41). The lowest BCUT2D eigenvalue weighted by Gasteiger charge is -2.43. The number of hydrogen-bond donors (Lipinski definition) is 3. The number of rotatable bonds is 10. The van der Waals surface area contributed by atoms with Crippen LogP contribution in [-0.2, 0) is 30.3 Å². The molecule has 3 N–H and O–H groups in total. The van der Waals surface area contributed by atoms with Gasteiger partial charge in [-0.2, -0.15) is 0 Å².